The van der Waals surface area contributed by atoms with E-state index in [0.717, 1.165) is 22.2 Å². The number of ether oxygens (including phenoxy) is 2. The second-order valence-electron chi connectivity index (χ2n) is 7.86. The van der Waals surface area contributed by atoms with Crippen LogP contribution in [0.4, 0.5) is 0 Å². The molecule has 1 saturated heterocycles. The summed E-state index contributed by atoms with van der Waals surface area (Å²) < 4.78 is 38.9. The zero-order chi connectivity index (χ0) is 22.3. The van der Waals surface area contributed by atoms with Crippen molar-refractivity contribution in [3.8, 4) is 17.1 Å². The minimum absolute atomic E-state index is 0.159. The number of aryl methyl sites for hydroxylation is 1. The van der Waals surface area contributed by atoms with E-state index < -0.39 is 16.1 Å². The van der Waals surface area contributed by atoms with E-state index in [4.69, 9.17) is 14.5 Å². The van der Waals surface area contributed by atoms with Crippen molar-refractivity contribution in [1.29, 1.82) is 0 Å². The fourth-order valence-corrected chi connectivity index (χ4v) is 4.74. The van der Waals surface area contributed by atoms with Gasteiger partial charge in [-0.05, 0) is 24.3 Å². The first-order valence-electron chi connectivity index (χ1n) is 10.3. The molecule has 0 spiro atoms. The van der Waals surface area contributed by atoms with Crippen molar-refractivity contribution in [3.05, 3.63) is 48.9 Å². The fraction of sp³-hybridized carbons (Fsp3) is 0.318. The van der Waals surface area contributed by atoms with Crippen molar-refractivity contribution in [2.45, 2.75) is 6.10 Å². The molecule has 0 saturated carbocycles. The number of nitrogens with zero attached hydrogens (tertiary/aromatic N) is 5. The Hall–Kier alpha value is -3.08. The van der Waals surface area contributed by atoms with Crippen LogP contribution in [0.15, 0.2) is 48.9 Å². The highest BCUT2D eigenvalue weighted by atomic mass is 32.2. The highest BCUT2D eigenvalue weighted by molar-refractivity contribution is 7.88. The minimum atomic E-state index is -3.28. The van der Waals surface area contributed by atoms with Crippen LogP contribution in [0.1, 0.15) is 0 Å². The highest BCUT2D eigenvalue weighted by Crippen LogP contribution is 2.29. The van der Waals surface area contributed by atoms with E-state index in [2.05, 4.69) is 32.7 Å². The zero-order valence-electron chi connectivity index (χ0n) is 17.8. The molecule has 1 aliphatic heterocycles. The van der Waals surface area contributed by atoms with E-state index in [0.29, 0.717) is 30.1 Å². The second kappa shape index (κ2) is 8.12. The summed E-state index contributed by atoms with van der Waals surface area (Å²) >= 11 is 0. The van der Waals surface area contributed by atoms with Crippen LogP contribution < -0.4 is 4.74 Å². The molecule has 1 unspecified atom stereocenters. The molecule has 1 fully saturated rings. The van der Waals surface area contributed by atoms with Crippen LogP contribution in [0.5, 0.6) is 5.88 Å². The van der Waals surface area contributed by atoms with Gasteiger partial charge in [0.1, 0.15) is 12.7 Å². The number of morpholine rings is 1. The minimum Gasteiger partial charge on any atom is -0.473 e. The predicted octanol–water partition coefficient (Wildman–Crippen LogP) is 2.22. The second-order valence-corrected chi connectivity index (χ2v) is 9.84. The normalized spacial score (nSPS) is 17.8. The number of sulfonamides is 1. The molecule has 0 amide bonds. The molecule has 0 aliphatic carbocycles. The number of pyridine rings is 1. The molecule has 1 aromatic carbocycles. The van der Waals surface area contributed by atoms with Crippen molar-refractivity contribution >= 4 is 32.0 Å². The third-order valence-electron chi connectivity index (χ3n) is 5.58. The predicted molar refractivity (Wildman–Crippen MR) is 121 cm³/mol. The Labute approximate surface area is 185 Å². The van der Waals surface area contributed by atoms with Crippen LogP contribution in [0, 0.1) is 0 Å². The van der Waals surface area contributed by atoms with Gasteiger partial charge in [0, 0.05) is 55.2 Å². The van der Waals surface area contributed by atoms with Crippen molar-refractivity contribution in [2.24, 2.45) is 7.05 Å². The Kier molecular flexibility index (Phi) is 5.28. The van der Waals surface area contributed by atoms with Gasteiger partial charge < -0.3 is 14.0 Å². The van der Waals surface area contributed by atoms with E-state index in [9.17, 15) is 8.42 Å². The molecule has 3 aromatic heterocycles. The average Bonchev–Trinajstić information content (AvgIpc) is 3.17. The summed E-state index contributed by atoms with van der Waals surface area (Å²) in [5.74, 6) is 0.346. The summed E-state index contributed by atoms with van der Waals surface area (Å²) in [6.45, 7) is 1.07. The molecule has 1 aliphatic rings. The van der Waals surface area contributed by atoms with Gasteiger partial charge >= 0.3 is 0 Å². The average molecular weight is 454 g/mol. The SMILES string of the molecule is Cn1ccc2cc(-c3cc4nccnc4c(OCC4CN(S(C)(=O)=O)CCO4)n3)ccc21. The van der Waals surface area contributed by atoms with Gasteiger partial charge in [0.25, 0.3) is 0 Å². The maximum Gasteiger partial charge on any atom is 0.242 e. The van der Waals surface area contributed by atoms with Crippen molar-refractivity contribution in [3.63, 3.8) is 0 Å². The van der Waals surface area contributed by atoms with Crippen LogP contribution in [0.25, 0.3) is 33.2 Å². The standard InChI is InChI=1S/C22H23N5O4S/c1-26-8-5-16-11-15(3-4-20(16)26)18-12-19-21(24-7-6-23-19)22(25-18)31-14-17-13-27(9-10-30-17)32(2,28)29/h3-8,11-12,17H,9-10,13-14H2,1-2H3. The van der Waals surface area contributed by atoms with Crippen LogP contribution >= 0.6 is 0 Å². The molecular weight excluding hydrogens is 430 g/mol. The number of hydrogen-bond donors (Lipinski definition) is 0. The van der Waals surface area contributed by atoms with E-state index in [1.54, 1.807) is 12.4 Å². The molecular formula is C22H23N5O4S. The van der Waals surface area contributed by atoms with E-state index in [1.807, 2.05) is 25.4 Å². The lowest BCUT2D eigenvalue weighted by Crippen LogP contribution is -2.47. The van der Waals surface area contributed by atoms with Crippen molar-refractivity contribution < 1.29 is 17.9 Å². The summed E-state index contributed by atoms with van der Waals surface area (Å²) in [4.78, 5) is 13.5. The summed E-state index contributed by atoms with van der Waals surface area (Å²) in [6.07, 6.45) is 6.05. The van der Waals surface area contributed by atoms with Crippen molar-refractivity contribution in [2.75, 3.05) is 32.6 Å². The number of hydrogen-bond acceptors (Lipinski definition) is 7. The lowest BCUT2D eigenvalue weighted by atomic mass is 10.1. The van der Waals surface area contributed by atoms with Crippen LogP contribution in [0.2, 0.25) is 0 Å². The first-order valence-corrected chi connectivity index (χ1v) is 12.1. The van der Waals surface area contributed by atoms with Gasteiger partial charge in [0.05, 0.1) is 24.1 Å². The molecule has 0 bridgehead atoms. The summed E-state index contributed by atoms with van der Waals surface area (Å²) in [7, 11) is -1.27. The van der Waals surface area contributed by atoms with Gasteiger partial charge in [0.2, 0.25) is 15.9 Å². The Morgan fingerprint density at radius 1 is 1.19 bits per heavy atom. The molecule has 4 aromatic rings. The Balaban J connectivity index is 1.45. The van der Waals surface area contributed by atoms with E-state index in [1.165, 1.54) is 10.6 Å². The van der Waals surface area contributed by atoms with Gasteiger partial charge in [-0.3, -0.25) is 4.98 Å². The zero-order valence-corrected chi connectivity index (χ0v) is 18.6. The quantitative estimate of drug-likeness (QED) is 0.457. The summed E-state index contributed by atoms with van der Waals surface area (Å²) in [5.41, 5.74) is 4.02. The number of aromatic nitrogens is 4. The first kappa shape index (κ1) is 20.8. The lowest BCUT2D eigenvalue weighted by molar-refractivity contribution is -0.0252. The first-order chi connectivity index (χ1) is 15.4. The van der Waals surface area contributed by atoms with Gasteiger partial charge in [-0.1, -0.05) is 6.07 Å². The van der Waals surface area contributed by atoms with Crippen molar-refractivity contribution in [1.82, 2.24) is 23.8 Å². The Morgan fingerprint density at radius 3 is 2.88 bits per heavy atom. The molecule has 166 valence electrons. The third-order valence-corrected chi connectivity index (χ3v) is 6.85. The molecule has 32 heavy (non-hydrogen) atoms. The maximum atomic E-state index is 11.9. The molecule has 1 atom stereocenters. The molecule has 9 nitrogen and oxygen atoms in total. The largest absolute Gasteiger partial charge is 0.473 e. The number of rotatable bonds is 5. The molecule has 0 N–H and O–H groups in total. The van der Waals surface area contributed by atoms with Crippen LogP contribution in [-0.2, 0) is 21.8 Å². The van der Waals surface area contributed by atoms with E-state index in [-0.39, 0.29) is 13.2 Å². The topological polar surface area (TPSA) is 99.4 Å². The van der Waals surface area contributed by atoms with Crippen LogP contribution in [-0.4, -0.2) is 70.9 Å². The summed E-state index contributed by atoms with van der Waals surface area (Å²) in [6, 6.07) is 10.1. The maximum absolute atomic E-state index is 11.9. The van der Waals surface area contributed by atoms with Crippen LogP contribution in [0.3, 0.4) is 0 Å². The smallest absolute Gasteiger partial charge is 0.242 e. The van der Waals surface area contributed by atoms with Gasteiger partial charge in [-0.25, -0.2) is 18.4 Å². The van der Waals surface area contributed by atoms with Gasteiger partial charge in [-0.15, -0.1) is 0 Å². The highest BCUT2D eigenvalue weighted by Gasteiger charge is 2.27. The number of fused-ring (bicyclic) bond motifs is 2. The molecule has 0 radical (unpaired) electrons. The van der Waals surface area contributed by atoms with Gasteiger partial charge in [0.15, 0.2) is 5.52 Å². The number of benzene rings is 1. The fourth-order valence-electron chi connectivity index (χ4n) is 3.90. The molecule has 10 heteroatoms. The van der Waals surface area contributed by atoms with Gasteiger partial charge in [-0.2, -0.15) is 4.31 Å². The lowest BCUT2D eigenvalue weighted by Gasteiger charge is -2.30. The summed E-state index contributed by atoms with van der Waals surface area (Å²) in [5, 5.41) is 1.12. The monoisotopic (exact) mass is 453 g/mol. The molecule has 5 rings (SSSR count). The Morgan fingerprint density at radius 2 is 2.03 bits per heavy atom. The molecule has 4 heterocycles. The third kappa shape index (κ3) is 4.04. The van der Waals surface area contributed by atoms with E-state index >= 15 is 0 Å². The Bertz CT molecular complexity index is 1400.